The van der Waals surface area contributed by atoms with Gasteiger partial charge >= 0.3 is 6.61 Å². The average molecular weight is 347 g/mol. The van der Waals surface area contributed by atoms with Gasteiger partial charge in [0.15, 0.2) is 5.69 Å². The number of rotatable bonds is 4. The number of ether oxygens (including phenoxy) is 1. The lowest BCUT2D eigenvalue weighted by atomic mass is 10.0. The standard InChI is InChI=1S/C16H9ClF2N4O/c17-12-6-10(9-1-3-13(4-2-9)24-16(18)19)5-11(7-12)15-14(8-20)21-23-22-15/h1-7,16H,(H,21,22,23). The molecular weight excluding hydrogens is 338 g/mol. The van der Waals surface area contributed by atoms with Crippen LogP contribution >= 0.6 is 11.6 Å². The van der Waals surface area contributed by atoms with Gasteiger partial charge in [0.2, 0.25) is 0 Å². The van der Waals surface area contributed by atoms with Gasteiger partial charge in [-0.1, -0.05) is 28.9 Å². The summed E-state index contributed by atoms with van der Waals surface area (Å²) >= 11 is 6.15. The van der Waals surface area contributed by atoms with Crippen molar-refractivity contribution in [2.24, 2.45) is 0 Å². The van der Waals surface area contributed by atoms with Crippen LogP contribution in [0.1, 0.15) is 5.69 Å². The Bertz CT molecular complexity index is 903. The zero-order valence-electron chi connectivity index (χ0n) is 12.0. The van der Waals surface area contributed by atoms with Gasteiger partial charge < -0.3 is 4.74 Å². The maximum atomic E-state index is 12.2. The maximum absolute atomic E-state index is 12.2. The van der Waals surface area contributed by atoms with Crippen LogP contribution in [0.2, 0.25) is 5.02 Å². The van der Waals surface area contributed by atoms with E-state index in [0.717, 1.165) is 11.1 Å². The summed E-state index contributed by atoms with van der Waals surface area (Å²) in [7, 11) is 0. The molecule has 1 N–H and O–H groups in total. The van der Waals surface area contributed by atoms with E-state index in [9.17, 15) is 8.78 Å². The summed E-state index contributed by atoms with van der Waals surface area (Å²) in [6.07, 6.45) is 0. The third kappa shape index (κ3) is 3.34. The molecule has 0 radical (unpaired) electrons. The molecule has 0 aliphatic carbocycles. The number of H-pyrrole nitrogens is 1. The van der Waals surface area contributed by atoms with E-state index in [2.05, 4.69) is 20.1 Å². The van der Waals surface area contributed by atoms with Crippen LogP contribution in [0.3, 0.4) is 0 Å². The third-order valence-corrected chi connectivity index (χ3v) is 3.46. The zero-order chi connectivity index (χ0) is 17.1. The molecule has 2 aromatic carbocycles. The summed E-state index contributed by atoms with van der Waals surface area (Å²) in [5.41, 5.74) is 2.73. The van der Waals surface area contributed by atoms with E-state index in [-0.39, 0.29) is 11.4 Å². The fourth-order valence-electron chi connectivity index (χ4n) is 2.23. The van der Waals surface area contributed by atoms with Gasteiger partial charge in [0.1, 0.15) is 17.5 Å². The van der Waals surface area contributed by atoms with Crippen LogP contribution in [0, 0.1) is 11.3 Å². The van der Waals surface area contributed by atoms with E-state index in [1.165, 1.54) is 12.1 Å². The predicted octanol–water partition coefficient (Wildman–Crippen LogP) is 4.27. The van der Waals surface area contributed by atoms with Gasteiger partial charge in [0.05, 0.1) is 0 Å². The molecule has 0 aliphatic heterocycles. The normalized spacial score (nSPS) is 10.6. The molecule has 0 amide bonds. The molecule has 8 heteroatoms. The summed E-state index contributed by atoms with van der Waals surface area (Å²) < 4.78 is 28.7. The number of nitrogens with zero attached hydrogens (tertiary/aromatic N) is 3. The van der Waals surface area contributed by atoms with Crippen molar-refractivity contribution >= 4 is 11.6 Å². The molecule has 0 atom stereocenters. The summed E-state index contributed by atoms with van der Waals surface area (Å²) in [5, 5.41) is 19.5. The van der Waals surface area contributed by atoms with Crippen LogP contribution in [0.25, 0.3) is 22.4 Å². The first-order valence-electron chi connectivity index (χ1n) is 6.74. The minimum Gasteiger partial charge on any atom is -0.435 e. The van der Waals surface area contributed by atoms with Crippen molar-refractivity contribution in [3.8, 4) is 34.2 Å². The molecule has 0 aliphatic rings. The Balaban J connectivity index is 1.99. The Hall–Kier alpha value is -2.98. The van der Waals surface area contributed by atoms with Crippen molar-refractivity contribution in [2.45, 2.75) is 6.61 Å². The smallest absolute Gasteiger partial charge is 0.387 e. The molecule has 5 nitrogen and oxygen atoms in total. The highest BCUT2D eigenvalue weighted by Gasteiger charge is 2.12. The molecule has 0 saturated heterocycles. The second kappa shape index (κ2) is 6.64. The number of benzene rings is 2. The molecule has 0 spiro atoms. The molecule has 3 aromatic rings. The molecular formula is C16H9ClF2N4O. The molecule has 120 valence electrons. The topological polar surface area (TPSA) is 74.6 Å². The number of aromatic amines is 1. The Morgan fingerprint density at radius 2 is 1.79 bits per heavy atom. The van der Waals surface area contributed by atoms with Crippen molar-refractivity contribution in [1.82, 2.24) is 15.4 Å². The number of nitriles is 1. The number of nitrogens with one attached hydrogen (secondary N) is 1. The van der Waals surface area contributed by atoms with Gasteiger partial charge in [-0.15, -0.1) is 5.10 Å². The van der Waals surface area contributed by atoms with Crippen molar-refractivity contribution in [3.05, 3.63) is 53.2 Å². The average Bonchev–Trinajstić information content (AvgIpc) is 3.03. The van der Waals surface area contributed by atoms with Crippen LogP contribution in [0.15, 0.2) is 42.5 Å². The SMILES string of the molecule is N#Cc1[nH]nnc1-c1cc(Cl)cc(-c2ccc(OC(F)F)cc2)c1. The Kier molecular flexibility index (Phi) is 4.40. The second-order valence-corrected chi connectivity index (χ2v) is 5.22. The monoisotopic (exact) mass is 346 g/mol. The zero-order valence-corrected chi connectivity index (χ0v) is 12.8. The van der Waals surface area contributed by atoms with Crippen LogP contribution in [0.4, 0.5) is 8.78 Å². The number of hydrogen-bond donors (Lipinski definition) is 1. The highest BCUT2D eigenvalue weighted by molar-refractivity contribution is 6.31. The quantitative estimate of drug-likeness (QED) is 0.765. The lowest BCUT2D eigenvalue weighted by Crippen LogP contribution is -2.01. The van der Waals surface area contributed by atoms with Crippen LogP contribution in [0.5, 0.6) is 5.75 Å². The summed E-state index contributed by atoms with van der Waals surface area (Å²) in [6.45, 7) is -2.87. The first-order valence-corrected chi connectivity index (χ1v) is 7.12. The van der Waals surface area contributed by atoms with Gasteiger partial charge in [-0.2, -0.15) is 14.0 Å². The number of alkyl halides is 2. The Morgan fingerprint density at radius 1 is 1.08 bits per heavy atom. The molecule has 0 fully saturated rings. The number of hydrogen-bond acceptors (Lipinski definition) is 4. The van der Waals surface area contributed by atoms with Crippen LogP contribution in [-0.2, 0) is 0 Å². The molecule has 0 bridgehead atoms. The summed E-state index contributed by atoms with van der Waals surface area (Å²) in [5.74, 6) is 0.0688. The molecule has 0 saturated carbocycles. The highest BCUT2D eigenvalue weighted by atomic mass is 35.5. The molecule has 1 aromatic heterocycles. The highest BCUT2D eigenvalue weighted by Crippen LogP contribution is 2.31. The van der Waals surface area contributed by atoms with E-state index >= 15 is 0 Å². The van der Waals surface area contributed by atoms with E-state index in [0.29, 0.717) is 16.3 Å². The minimum atomic E-state index is -2.87. The van der Waals surface area contributed by atoms with Crippen molar-refractivity contribution in [3.63, 3.8) is 0 Å². The third-order valence-electron chi connectivity index (χ3n) is 3.24. The van der Waals surface area contributed by atoms with Gasteiger partial charge in [-0.25, -0.2) is 5.10 Å². The predicted molar refractivity (Wildman–Crippen MR) is 83.6 cm³/mol. The fourth-order valence-corrected chi connectivity index (χ4v) is 2.46. The molecule has 24 heavy (non-hydrogen) atoms. The van der Waals surface area contributed by atoms with E-state index < -0.39 is 6.61 Å². The largest absolute Gasteiger partial charge is 0.435 e. The lowest BCUT2D eigenvalue weighted by Gasteiger charge is -2.08. The van der Waals surface area contributed by atoms with Gasteiger partial charge in [0, 0.05) is 10.6 Å². The lowest BCUT2D eigenvalue weighted by molar-refractivity contribution is -0.0498. The van der Waals surface area contributed by atoms with E-state index in [4.69, 9.17) is 16.9 Å². The minimum absolute atomic E-state index is 0.0688. The van der Waals surface area contributed by atoms with Crippen LogP contribution < -0.4 is 4.74 Å². The van der Waals surface area contributed by atoms with E-state index in [1.807, 2.05) is 6.07 Å². The molecule has 3 rings (SSSR count). The summed E-state index contributed by atoms with van der Waals surface area (Å²) in [6, 6.07) is 13.3. The maximum Gasteiger partial charge on any atom is 0.387 e. The van der Waals surface area contributed by atoms with Gasteiger partial charge in [0.25, 0.3) is 0 Å². The van der Waals surface area contributed by atoms with Crippen LogP contribution in [-0.4, -0.2) is 22.0 Å². The van der Waals surface area contributed by atoms with Crippen molar-refractivity contribution < 1.29 is 13.5 Å². The van der Waals surface area contributed by atoms with Crippen molar-refractivity contribution in [2.75, 3.05) is 0 Å². The fraction of sp³-hybridized carbons (Fsp3) is 0.0625. The number of aromatic nitrogens is 3. The first kappa shape index (κ1) is 15.9. The van der Waals surface area contributed by atoms with Crippen molar-refractivity contribution in [1.29, 1.82) is 5.26 Å². The van der Waals surface area contributed by atoms with Gasteiger partial charge in [-0.3, -0.25) is 0 Å². The number of halogens is 3. The van der Waals surface area contributed by atoms with Gasteiger partial charge in [-0.05, 0) is 41.5 Å². The Labute approximate surface area is 140 Å². The van der Waals surface area contributed by atoms with E-state index in [1.54, 1.807) is 30.3 Å². The first-order chi connectivity index (χ1) is 11.6. The Morgan fingerprint density at radius 3 is 2.46 bits per heavy atom. The molecule has 1 heterocycles. The summed E-state index contributed by atoms with van der Waals surface area (Å²) in [4.78, 5) is 0. The second-order valence-electron chi connectivity index (χ2n) is 4.78. The molecule has 0 unspecified atom stereocenters.